The van der Waals surface area contributed by atoms with E-state index >= 15 is 0 Å². The second-order valence-electron chi connectivity index (χ2n) is 7.03. The molecule has 0 radical (unpaired) electrons. The largest absolute Gasteiger partial charge is 0.492 e. The lowest BCUT2D eigenvalue weighted by Gasteiger charge is -2.15. The van der Waals surface area contributed by atoms with Gasteiger partial charge in [0.1, 0.15) is 5.75 Å². The highest BCUT2D eigenvalue weighted by Gasteiger charge is 2.17. The van der Waals surface area contributed by atoms with Gasteiger partial charge in [0.05, 0.1) is 17.5 Å². The second kappa shape index (κ2) is 10.7. The van der Waals surface area contributed by atoms with Crippen LogP contribution in [0.3, 0.4) is 0 Å². The summed E-state index contributed by atoms with van der Waals surface area (Å²) in [7, 11) is 0. The van der Waals surface area contributed by atoms with Crippen molar-refractivity contribution in [3.63, 3.8) is 0 Å². The summed E-state index contributed by atoms with van der Waals surface area (Å²) in [4.78, 5) is 26.1. The van der Waals surface area contributed by atoms with Gasteiger partial charge in [0.25, 0.3) is 5.91 Å². The number of para-hydroxylation sites is 2. The average Bonchev–Trinajstić information content (AvgIpc) is 2.75. The molecule has 0 aliphatic heterocycles. The van der Waals surface area contributed by atoms with Gasteiger partial charge in [-0.25, -0.2) is 0 Å². The molecule has 3 aromatic rings. The fraction of sp³-hybridized carbons (Fsp3) is 0.200. The zero-order valence-corrected chi connectivity index (χ0v) is 18.7. The molecule has 2 amide bonds. The van der Waals surface area contributed by atoms with Gasteiger partial charge in [-0.1, -0.05) is 35.9 Å². The molecule has 0 spiro atoms. The summed E-state index contributed by atoms with van der Waals surface area (Å²) >= 11 is 1.43. The maximum absolute atomic E-state index is 12.7. The Morgan fingerprint density at radius 1 is 0.968 bits per heavy atom. The third kappa shape index (κ3) is 6.36. The van der Waals surface area contributed by atoms with Crippen LogP contribution in [0.15, 0.2) is 77.7 Å². The normalized spacial score (nSPS) is 11.5. The van der Waals surface area contributed by atoms with E-state index < -0.39 is 0 Å². The first-order chi connectivity index (χ1) is 15.0. The molecule has 3 rings (SSSR count). The van der Waals surface area contributed by atoms with Crippen LogP contribution in [-0.2, 0) is 4.79 Å². The molecule has 0 saturated heterocycles. The van der Waals surface area contributed by atoms with Crippen LogP contribution in [-0.4, -0.2) is 23.7 Å². The molecule has 2 N–H and O–H groups in total. The summed E-state index contributed by atoms with van der Waals surface area (Å²) in [6.45, 7) is 6.23. The predicted molar refractivity (Wildman–Crippen MR) is 127 cm³/mol. The standard InChI is InChI=1S/C25H26N2O3S/c1-4-30-23-14-6-5-13-22(23)27-24(28)18(3)31-21-12-8-11-20(16-21)26-25(29)19-10-7-9-17(2)15-19/h5-16,18H,4H2,1-3H3,(H,26,29)(H,27,28). The Morgan fingerprint density at radius 3 is 2.52 bits per heavy atom. The van der Waals surface area contributed by atoms with Gasteiger partial charge in [0.15, 0.2) is 0 Å². The molecule has 31 heavy (non-hydrogen) atoms. The number of thioether (sulfide) groups is 1. The van der Waals surface area contributed by atoms with E-state index in [0.29, 0.717) is 29.3 Å². The fourth-order valence-electron chi connectivity index (χ4n) is 2.98. The molecule has 0 fully saturated rings. The number of carbonyl (C=O) groups is 2. The van der Waals surface area contributed by atoms with E-state index in [2.05, 4.69) is 10.6 Å². The van der Waals surface area contributed by atoms with Gasteiger partial charge >= 0.3 is 0 Å². The van der Waals surface area contributed by atoms with Crippen molar-refractivity contribution in [3.8, 4) is 5.75 Å². The first-order valence-electron chi connectivity index (χ1n) is 10.1. The Hall–Kier alpha value is -3.25. The lowest BCUT2D eigenvalue weighted by molar-refractivity contribution is -0.115. The van der Waals surface area contributed by atoms with E-state index in [1.54, 1.807) is 6.07 Å². The highest BCUT2D eigenvalue weighted by molar-refractivity contribution is 8.00. The molecule has 1 atom stereocenters. The maximum atomic E-state index is 12.7. The molecule has 0 aliphatic carbocycles. The summed E-state index contributed by atoms with van der Waals surface area (Å²) < 4.78 is 5.57. The van der Waals surface area contributed by atoms with Crippen LogP contribution < -0.4 is 15.4 Å². The molecule has 0 aromatic heterocycles. The number of ether oxygens (including phenoxy) is 1. The third-order valence-corrected chi connectivity index (χ3v) is 5.59. The molecule has 6 heteroatoms. The number of hydrogen-bond acceptors (Lipinski definition) is 4. The number of amides is 2. The van der Waals surface area contributed by atoms with Crippen molar-refractivity contribution in [2.75, 3.05) is 17.2 Å². The van der Waals surface area contributed by atoms with Crippen LogP contribution in [0.25, 0.3) is 0 Å². The summed E-state index contributed by atoms with van der Waals surface area (Å²) in [5, 5.41) is 5.52. The highest BCUT2D eigenvalue weighted by atomic mass is 32.2. The van der Waals surface area contributed by atoms with E-state index in [-0.39, 0.29) is 17.1 Å². The van der Waals surface area contributed by atoms with Crippen LogP contribution in [0.1, 0.15) is 29.8 Å². The van der Waals surface area contributed by atoms with Crippen molar-refractivity contribution in [1.82, 2.24) is 0 Å². The number of aryl methyl sites for hydroxylation is 1. The molecular formula is C25H26N2O3S. The van der Waals surface area contributed by atoms with Gasteiger partial charge in [0, 0.05) is 16.1 Å². The van der Waals surface area contributed by atoms with E-state index in [0.717, 1.165) is 10.5 Å². The van der Waals surface area contributed by atoms with Crippen molar-refractivity contribution in [2.24, 2.45) is 0 Å². The van der Waals surface area contributed by atoms with Gasteiger partial charge < -0.3 is 15.4 Å². The molecule has 5 nitrogen and oxygen atoms in total. The summed E-state index contributed by atoms with van der Waals surface area (Å²) in [6.07, 6.45) is 0. The molecule has 0 aliphatic rings. The predicted octanol–water partition coefficient (Wildman–Crippen LogP) is 5.77. The lowest BCUT2D eigenvalue weighted by atomic mass is 10.1. The molecular weight excluding hydrogens is 408 g/mol. The molecule has 0 saturated carbocycles. The van der Waals surface area contributed by atoms with Crippen LogP contribution in [0.4, 0.5) is 11.4 Å². The smallest absolute Gasteiger partial charge is 0.255 e. The van der Waals surface area contributed by atoms with Crippen molar-refractivity contribution in [3.05, 3.63) is 83.9 Å². The summed E-state index contributed by atoms with van der Waals surface area (Å²) in [5.41, 5.74) is 2.98. The topological polar surface area (TPSA) is 67.4 Å². The van der Waals surface area contributed by atoms with Crippen LogP contribution in [0.5, 0.6) is 5.75 Å². The zero-order chi connectivity index (χ0) is 22.2. The first-order valence-corrected chi connectivity index (χ1v) is 11.0. The number of hydrogen-bond donors (Lipinski definition) is 2. The molecule has 160 valence electrons. The van der Waals surface area contributed by atoms with Gasteiger partial charge in [0.2, 0.25) is 5.91 Å². The number of benzene rings is 3. The Morgan fingerprint density at radius 2 is 1.74 bits per heavy atom. The highest BCUT2D eigenvalue weighted by Crippen LogP contribution is 2.29. The van der Waals surface area contributed by atoms with E-state index in [4.69, 9.17) is 4.74 Å². The Bertz CT molecular complexity index is 1070. The molecule has 3 aromatic carbocycles. The van der Waals surface area contributed by atoms with Crippen molar-refractivity contribution in [1.29, 1.82) is 0 Å². The van der Waals surface area contributed by atoms with Gasteiger partial charge in [-0.05, 0) is 63.2 Å². The first kappa shape index (κ1) is 22.4. The van der Waals surface area contributed by atoms with Crippen LogP contribution >= 0.6 is 11.8 Å². The number of nitrogens with one attached hydrogen (secondary N) is 2. The van der Waals surface area contributed by atoms with Crippen molar-refractivity contribution >= 4 is 35.0 Å². The number of anilines is 2. The minimum Gasteiger partial charge on any atom is -0.492 e. The Balaban J connectivity index is 1.63. The Kier molecular flexibility index (Phi) is 7.73. The van der Waals surface area contributed by atoms with Crippen molar-refractivity contribution < 1.29 is 14.3 Å². The maximum Gasteiger partial charge on any atom is 0.255 e. The van der Waals surface area contributed by atoms with Gasteiger partial charge in [-0.2, -0.15) is 0 Å². The number of rotatable bonds is 8. The third-order valence-electron chi connectivity index (χ3n) is 4.50. The minimum atomic E-state index is -0.336. The van der Waals surface area contributed by atoms with Gasteiger partial charge in [-0.15, -0.1) is 11.8 Å². The fourth-order valence-corrected chi connectivity index (χ4v) is 3.91. The van der Waals surface area contributed by atoms with Gasteiger partial charge in [-0.3, -0.25) is 9.59 Å². The zero-order valence-electron chi connectivity index (χ0n) is 17.8. The van der Waals surface area contributed by atoms with Crippen LogP contribution in [0.2, 0.25) is 0 Å². The molecule has 1 unspecified atom stereocenters. The number of carbonyl (C=O) groups excluding carboxylic acids is 2. The summed E-state index contributed by atoms with van der Waals surface area (Å²) in [5.74, 6) is 0.368. The van der Waals surface area contributed by atoms with Crippen LogP contribution in [0, 0.1) is 6.92 Å². The lowest BCUT2D eigenvalue weighted by Crippen LogP contribution is -2.22. The second-order valence-corrected chi connectivity index (χ2v) is 8.44. The average molecular weight is 435 g/mol. The molecule has 0 bridgehead atoms. The summed E-state index contributed by atoms with van der Waals surface area (Å²) in [6, 6.07) is 22.3. The monoisotopic (exact) mass is 434 g/mol. The Labute approximate surface area is 187 Å². The van der Waals surface area contributed by atoms with E-state index in [1.807, 2.05) is 87.5 Å². The quantitative estimate of drug-likeness (QED) is 0.442. The SMILES string of the molecule is CCOc1ccccc1NC(=O)C(C)Sc1cccc(NC(=O)c2cccc(C)c2)c1. The van der Waals surface area contributed by atoms with E-state index in [9.17, 15) is 9.59 Å². The van der Waals surface area contributed by atoms with E-state index in [1.165, 1.54) is 11.8 Å². The molecule has 0 heterocycles. The minimum absolute atomic E-state index is 0.119. The van der Waals surface area contributed by atoms with Crippen molar-refractivity contribution in [2.45, 2.75) is 30.9 Å².